The van der Waals surface area contributed by atoms with Gasteiger partial charge in [0.2, 0.25) is 5.91 Å². The van der Waals surface area contributed by atoms with Crippen LogP contribution in [-0.2, 0) is 17.8 Å². The van der Waals surface area contributed by atoms with Crippen LogP contribution in [0.4, 0.5) is 0 Å². The van der Waals surface area contributed by atoms with E-state index in [1.54, 1.807) is 0 Å². The minimum absolute atomic E-state index is 0.163. The van der Waals surface area contributed by atoms with Crippen LogP contribution >= 0.6 is 0 Å². The standard InChI is InChI=1S/C29H39N3O/c1-3-26-9-6-7-19-31(26)20-8-18-30-29(33)17-16-25-22-32(28-11-5-4-10-27(25)28)21-24-14-12-23(2)13-15-24/h4-5,10-15,22,26H,3,6-9,16-21H2,1-2H3,(H,30,33)/t26-/m0/s1. The van der Waals surface area contributed by atoms with Crippen molar-refractivity contribution in [3.63, 3.8) is 0 Å². The second-order valence-corrected chi connectivity index (χ2v) is 9.58. The molecule has 0 radical (unpaired) electrons. The lowest BCUT2D eigenvalue weighted by molar-refractivity contribution is -0.121. The van der Waals surface area contributed by atoms with Gasteiger partial charge in [0, 0.05) is 49.2 Å². The van der Waals surface area contributed by atoms with E-state index in [0.29, 0.717) is 6.42 Å². The van der Waals surface area contributed by atoms with Gasteiger partial charge in [-0.1, -0.05) is 61.4 Å². The number of benzene rings is 2. The van der Waals surface area contributed by atoms with Crippen molar-refractivity contribution in [2.24, 2.45) is 0 Å². The van der Waals surface area contributed by atoms with Gasteiger partial charge in [0.1, 0.15) is 0 Å². The van der Waals surface area contributed by atoms with Crippen molar-refractivity contribution in [1.29, 1.82) is 0 Å². The smallest absolute Gasteiger partial charge is 0.220 e. The summed E-state index contributed by atoms with van der Waals surface area (Å²) in [4.78, 5) is 15.1. The van der Waals surface area contributed by atoms with E-state index < -0.39 is 0 Å². The van der Waals surface area contributed by atoms with E-state index in [4.69, 9.17) is 0 Å². The number of aromatic nitrogens is 1. The van der Waals surface area contributed by atoms with E-state index in [-0.39, 0.29) is 5.91 Å². The lowest BCUT2D eigenvalue weighted by Gasteiger charge is -2.35. The summed E-state index contributed by atoms with van der Waals surface area (Å²) < 4.78 is 2.32. The highest BCUT2D eigenvalue weighted by Crippen LogP contribution is 2.24. The fourth-order valence-electron chi connectivity index (χ4n) is 5.21. The second-order valence-electron chi connectivity index (χ2n) is 9.58. The molecule has 4 heteroatoms. The number of para-hydroxylation sites is 1. The first kappa shape index (κ1) is 23.6. The summed E-state index contributed by atoms with van der Waals surface area (Å²) in [6.45, 7) is 8.36. The number of nitrogens with zero attached hydrogens (tertiary/aromatic N) is 2. The van der Waals surface area contributed by atoms with Crippen LogP contribution in [0.15, 0.2) is 54.7 Å². The Kier molecular flexibility index (Phi) is 8.22. The van der Waals surface area contributed by atoms with Crippen LogP contribution in [0, 0.1) is 6.92 Å². The van der Waals surface area contributed by atoms with Gasteiger partial charge in [0.05, 0.1) is 0 Å². The third-order valence-electron chi connectivity index (χ3n) is 7.13. The summed E-state index contributed by atoms with van der Waals surface area (Å²) in [5.41, 5.74) is 5.07. The molecule has 176 valence electrons. The Hall–Kier alpha value is -2.59. The van der Waals surface area contributed by atoms with Crippen molar-refractivity contribution in [3.8, 4) is 0 Å². The molecule has 1 amide bonds. The zero-order chi connectivity index (χ0) is 23.0. The molecule has 1 atom stereocenters. The van der Waals surface area contributed by atoms with Gasteiger partial charge >= 0.3 is 0 Å². The molecule has 0 spiro atoms. The first-order valence-corrected chi connectivity index (χ1v) is 12.8. The first-order chi connectivity index (χ1) is 16.1. The molecule has 1 aliphatic heterocycles. The number of fused-ring (bicyclic) bond motifs is 1. The fraction of sp³-hybridized carbons (Fsp3) is 0.483. The topological polar surface area (TPSA) is 37.3 Å². The van der Waals surface area contributed by atoms with Gasteiger partial charge in [-0.3, -0.25) is 4.79 Å². The number of hydrogen-bond acceptors (Lipinski definition) is 2. The summed E-state index contributed by atoms with van der Waals surface area (Å²) in [5, 5.41) is 4.41. The lowest BCUT2D eigenvalue weighted by Crippen LogP contribution is -2.40. The molecule has 0 aliphatic carbocycles. The van der Waals surface area contributed by atoms with Crippen LogP contribution in [0.3, 0.4) is 0 Å². The van der Waals surface area contributed by atoms with Gasteiger partial charge in [0.15, 0.2) is 0 Å². The van der Waals surface area contributed by atoms with Crippen LogP contribution < -0.4 is 5.32 Å². The molecule has 1 N–H and O–H groups in total. The van der Waals surface area contributed by atoms with Crippen molar-refractivity contribution < 1.29 is 4.79 Å². The molecule has 2 aromatic carbocycles. The van der Waals surface area contributed by atoms with E-state index in [0.717, 1.165) is 38.5 Å². The van der Waals surface area contributed by atoms with Crippen molar-refractivity contribution in [3.05, 3.63) is 71.4 Å². The van der Waals surface area contributed by atoms with E-state index in [1.807, 2.05) is 0 Å². The predicted molar refractivity (Wildman–Crippen MR) is 138 cm³/mol. The minimum Gasteiger partial charge on any atom is -0.356 e. The Bertz CT molecular complexity index is 1040. The lowest BCUT2D eigenvalue weighted by atomic mass is 10.00. The third kappa shape index (κ3) is 6.26. The Labute approximate surface area is 199 Å². The number of aryl methyl sites for hydroxylation is 2. The van der Waals surface area contributed by atoms with E-state index in [9.17, 15) is 4.79 Å². The maximum atomic E-state index is 12.5. The van der Waals surface area contributed by atoms with Crippen LogP contribution in [0.5, 0.6) is 0 Å². The molecular weight excluding hydrogens is 406 g/mol. The SMILES string of the molecule is CC[C@H]1CCCCN1CCCNC(=O)CCc1cn(Cc2ccc(C)cc2)c2ccccc12. The Morgan fingerprint density at radius 1 is 1.09 bits per heavy atom. The molecular formula is C29H39N3O. The second kappa shape index (κ2) is 11.5. The fourth-order valence-corrected chi connectivity index (χ4v) is 5.21. The molecule has 0 bridgehead atoms. The average Bonchev–Trinajstić information content (AvgIpc) is 3.19. The predicted octanol–water partition coefficient (Wildman–Crippen LogP) is 5.70. The highest BCUT2D eigenvalue weighted by atomic mass is 16.1. The van der Waals surface area contributed by atoms with Crippen LogP contribution in [0.25, 0.3) is 10.9 Å². The zero-order valence-electron chi connectivity index (χ0n) is 20.4. The van der Waals surface area contributed by atoms with Gasteiger partial charge in [-0.05, 0) is 62.8 Å². The molecule has 4 rings (SSSR count). The minimum atomic E-state index is 0.163. The van der Waals surface area contributed by atoms with Gasteiger partial charge in [-0.25, -0.2) is 0 Å². The van der Waals surface area contributed by atoms with E-state index in [2.05, 4.69) is 83.4 Å². The highest BCUT2D eigenvalue weighted by Gasteiger charge is 2.19. The number of hydrogen-bond donors (Lipinski definition) is 1. The van der Waals surface area contributed by atoms with Crippen molar-refractivity contribution in [2.75, 3.05) is 19.6 Å². The highest BCUT2D eigenvalue weighted by molar-refractivity contribution is 5.85. The van der Waals surface area contributed by atoms with Crippen molar-refractivity contribution >= 4 is 16.8 Å². The Morgan fingerprint density at radius 3 is 2.73 bits per heavy atom. The Morgan fingerprint density at radius 2 is 1.91 bits per heavy atom. The average molecular weight is 446 g/mol. The number of likely N-dealkylation sites (tertiary alicyclic amines) is 1. The third-order valence-corrected chi connectivity index (χ3v) is 7.13. The molecule has 2 heterocycles. The monoisotopic (exact) mass is 445 g/mol. The summed E-state index contributed by atoms with van der Waals surface area (Å²) >= 11 is 0. The van der Waals surface area contributed by atoms with E-state index >= 15 is 0 Å². The number of piperidine rings is 1. The molecule has 1 aromatic heterocycles. The van der Waals surface area contributed by atoms with Gasteiger partial charge in [-0.2, -0.15) is 0 Å². The molecule has 1 aliphatic rings. The van der Waals surface area contributed by atoms with Gasteiger partial charge in [-0.15, -0.1) is 0 Å². The van der Waals surface area contributed by atoms with Crippen LogP contribution in [0.2, 0.25) is 0 Å². The molecule has 0 saturated carbocycles. The normalized spacial score (nSPS) is 16.8. The molecule has 0 unspecified atom stereocenters. The molecule has 4 nitrogen and oxygen atoms in total. The summed E-state index contributed by atoms with van der Waals surface area (Å²) in [7, 11) is 0. The first-order valence-electron chi connectivity index (χ1n) is 12.8. The molecule has 1 saturated heterocycles. The number of carbonyl (C=O) groups excluding carboxylic acids is 1. The maximum Gasteiger partial charge on any atom is 0.220 e. The quantitative estimate of drug-likeness (QED) is 0.406. The van der Waals surface area contributed by atoms with Crippen LogP contribution in [-0.4, -0.2) is 41.1 Å². The summed E-state index contributed by atoms with van der Waals surface area (Å²) in [6.07, 6.45) is 9.85. The molecule has 33 heavy (non-hydrogen) atoms. The largest absolute Gasteiger partial charge is 0.356 e. The van der Waals surface area contributed by atoms with Gasteiger partial charge in [0.25, 0.3) is 0 Å². The summed E-state index contributed by atoms with van der Waals surface area (Å²) in [6, 6.07) is 18.0. The molecule has 1 fully saturated rings. The Balaban J connectivity index is 1.29. The zero-order valence-corrected chi connectivity index (χ0v) is 20.4. The van der Waals surface area contributed by atoms with Gasteiger partial charge < -0.3 is 14.8 Å². The van der Waals surface area contributed by atoms with Crippen molar-refractivity contribution in [1.82, 2.24) is 14.8 Å². The number of rotatable bonds is 10. The number of nitrogens with one attached hydrogen (secondary N) is 1. The van der Waals surface area contributed by atoms with Crippen LogP contribution in [0.1, 0.15) is 62.1 Å². The number of carbonyl (C=O) groups is 1. The van der Waals surface area contributed by atoms with Crippen molar-refractivity contribution in [2.45, 2.75) is 71.4 Å². The van der Waals surface area contributed by atoms with E-state index in [1.165, 1.54) is 59.8 Å². The number of amides is 1. The maximum absolute atomic E-state index is 12.5. The molecule has 3 aromatic rings. The summed E-state index contributed by atoms with van der Waals surface area (Å²) in [5.74, 6) is 0.163.